The normalized spacial score (nSPS) is 13.1. The molecule has 1 aromatic rings. The lowest BCUT2D eigenvalue weighted by atomic mass is 10.2. The highest BCUT2D eigenvalue weighted by Gasteiger charge is 2.14. The Balaban J connectivity index is 3.19. The number of aromatic nitrogens is 2. The van der Waals surface area contributed by atoms with Crippen LogP contribution in [0.2, 0.25) is 5.15 Å². The minimum absolute atomic E-state index is 0.0114. The van der Waals surface area contributed by atoms with E-state index in [9.17, 15) is 9.90 Å². The highest BCUT2D eigenvalue weighted by molar-refractivity contribution is 6.29. The Morgan fingerprint density at radius 3 is 2.69 bits per heavy atom. The molecule has 5 nitrogen and oxygen atoms in total. The summed E-state index contributed by atoms with van der Waals surface area (Å²) < 4.78 is 1.33. The molecule has 90 valence electrons. The number of aliphatic hydroxyl groups excluding tert-OH is 2. The molecule has 0 spiro atoms. The molecule has 0 aromatic carbocycles. The van der Waals surface area contributed by atoms with Crippen molar-refractivity contribution >= 4 is 11.6 Å². The van der Waals surface area contributed by atoms with Gasteiger partial charge in [-0.15, -0.1) is 0 Å². The van der Waals surface area contributed by atoms with Crippen molar-refractivity contribution in [1.29, 1.82) is 0 Å². The molecule has 0 fully saturated rings. The van der Waals surface area contributed by atoms with Crippen LogP contribution in [0.3, 0.4) is 0 Å². The quantitative estimate of drug-likeness (QED) is 0.753. The summed E-state index contributed by atoms with van der Waals surface area (Å²) in [6.07, 6.45) is -0.974. The zero-order chi connectivity index (χ0) is 12.3. The van der Waals surface area contributed by atoms with Crippen molar-refractivity contribution in [2.45, 2.75) is 32.4 Å². The average molecular weight is 247 g/mol. The molecule has 0 saturated heterocycles. The summed E-state index contributed by atoms with van der Waals surface area (Å²) >= 11 is 5.70. The molecule has 1 unspecified atom stereocenters. The highest BCUT2D eigenvalue weighted by atomic mass is 35.5. The van der Waals surface area contributed by atoms with Gasteiger partial charge in [-0.3, -0.25) is 9.36 Å². The summed E-state index contributed by atoms with van der Waals surface area (Å²) in [6, 6.07) is 1.19. The lowest BCUT2D eigenvalue weighted by Gasteiger charge is -2.16. The molecule has 1 atom stereocenters. The zero-order valence-electron chi connectivity index (χ0n) is 9.22. The van der Waals surface area contributed by atoms with Gasteiger partial charge in [-0.2, -0.15) is 0 Å². The summed E-state index contributed by atoms with van der Waals surface area (Å²) in [7, 11) is 0. The highest BCUT2D eigenvalue weighted by Crippen LogP contribution is 2.12. The molecule has 16 heavy (non-hydrogen) atoms. The maximum atomic E-state index is 11.7. The van der Waals surface area contributed by atoms with Gasteiger partial charge in [-0.05, 0) is 0 Å². The van der Waals surface area contributed by atoms with E-state index in [2.05, 4.69) is 4.98 Å². The predicted molar refractivity (Wildman–Crippen MR) is 60.7 cm³/mol. The summed E-state index contributed by atoms with van der Waals surface area (Å²) in [4.78, 5) is 15.7. The molecule has 0 amide bonds. The molecule has 1 rings (SSSR count). The van der Waals surface area contributed by atoms with Gasteiger partial charge in [0.2, 0.25) is 0 Å². The molecule has 0 aliphatic carbocycles. The van der Waals surface area contributed by atoms with Crippen molar-refractivity contribution in [3.8, 4) is 0 Å². The van der Waals surface area contributed by atoms with Crippen molar-refractivity contribution < 1.29 is 10.2 Å². The van der Waals surface area contributed by atoms with Gasteiger partial charge in [0.05, 0.1) is 19.3 Å². The van der Waals surface area contributed by atoms with Crippen LogP contribution in [0.25, 0.3) is 0 Å². The number of rotatable bonds is 4. The Kier molecular flexibility index (Phi) is 4.46. The number of hydrogen-bond donors (Lipinski definition) is 2. The largest absolute Gasteiger partial charge is 0.394 e. The van der Waals surface area contributed by atoms with Gasteiger partial charge >= 0.3 is 0 Å². The molecule has 0 aliphatic heterocycles. The number of nitrogens with zero attached hydrogens (tertiary/aromatic N) is 2. The van der Waals surface area contributed by atoms with Gasteiger partial charge in [0.1, 0.15) is 11.0 Å². The van der Waals surface area contributed by atoms with Crippen LogP contribution in [0, 0.1) is 0 Å². The first-order valence-corrected chi connectivity index (χ1v) is 5.39. The van der Waals surface area contributed by atoms with E-state index in [0.717, 1.165) is 0 Å². The molecular formula is C10H15ClN2O3. The molecule has 0 radical (unpaired) electrons. The third-order valence-corrected chi connectivity index (χ3v) is 2.32. The SMILES string of the molecule is CC(C)c1nc(Cl)cc(=O)n1CC(O)CO. The molecule has 0 bridgehead atoms. The van der Waals surface area contributed by atoms with Crippen molar-refractivity contribution in [2.24, 2.45) is 0 Å². The first-order chi connectivity index (χ1) is 7.45. The van der Waals surface area contributed by atoms with Gasteiger partial charge in [-0.1, -0.05) is 25.4 Å². The summed E-state index contributed by atoms with van der Waals surface area (Å²) in [5.41, 5.74) is -0.323. The second kappa shape index (κ2) is 5.43. The van der Waals surface area contributed by atoms with Gasteiger partial charge < -0.3 is 10.2 Å². The number of halogens is 1. The van der Waals surface area contributed by atoms with Crippen LogP contribution >= 0.6 is 11.6 Å². The second-order valence-electron chi connectivity index (χ2n) is 3.88. The Labute approximate surface area is 98.3 Å². The molecule has 1 heterocycles. The smallest absolute Gasteiger partial charge is 0.255 e. The van der Waals surface area contributed by atoms with Crippen LogP contribution in [-0.2, 0) is 6.54 Å². The van der Waals surface area contributed by atoms with E-state index >= 15 is 0 Å². The van der Waals surface area contributed by atoms with Crippen LogP contribution in [0.5, 0.6) is 0 Å². The third-order valence-electron chi connectivity index (χ3n) is 2.13. The Morgan fingerprint density at radius 2 is 2.19 bits per heavy atom. The van der Waals surface area contributed by atoms with E-state index < -0.39 is 12.7 Å². The maximum absolute atomic E-state index is 11.7. The lowest BCUT2D eigenvalue weighted by molar-refractivity contribution is 0.0791. The molecule has 0 aliphatic rings. The summed E-state index contributed by atoms with van der Waals surface area (Å²) in [5.74, 6) is 0.516. The first kappa shape index (κ1) is 13.2. The van der Waals surface area contributed by atoms with Crippen LogP contribution < -0.4 is 5.56 Å². The fraction of sp³-hybridized carbons (Fsp3) is 0.600. The topological polar surface area (TPSA) is 75.4 Å². The fourth-order valence-electron chi connectivity index (χ4n) is 1.39. The van der Waals surface area contributed by atoms with Gasteiger partial charge in [0.15, 0.2) is 0 Å². The van der Waals surface area contributed by atoms with E-state index in [4.69, 9.17) is 16.7 Å². The van der Waals surface area contributed by atoms with E-state index in [1.165, 1.54) is 10.6 Å². The van der Waals surface area contributed by atoms with Gasteiger partial charge in [0.25, 0.3) is 5.56 Å². The van der Waals surface area contributed by atoms with Crippen molar-refractivity contribution in [3.63, 3.8) is 0 Å². The minimum atomic E-state index is -0.974. The third kappa shape index (κ3) is 3.04. The fourth-order valence-corrected chi connectivity index (χ4v) is 1.57. The number of aliphatic hydroxyl groups is 2. The minimum Gasteiger partial charge on any atom is -0.394 e. The number of hydrogen-bond acceptors (Lipinski definition) is 4. The molecule has 6 heteroatoms. The Morgan fingerprint density at radius 1 is 1.56 bits per heavy atom. The molecule has 2 N–H and O–H groups in total. The lowest BCUT2D eigenvalue weighted by Crippen LogP contribution is -2.31. The van der Waals surface area contributed by atoms with Crippen molar-refractivity contribution in [3.05, 3.63) is 27.4 Å². The second-order valence-corrected chi connectivity index (χ2v) is 4.26. The summed E-state index contributed by atoms with van der Waals surface area (Å²) in [6.45, 7) is 3.37. The van der Waals surface area contributed by atoms with E-state index in [0.29, 0.717) is 5.82 Å². The van der Waals surface area contributed by atoms with Crippen molar-refractivity contribution in [2.75, 3.05) is 6.61 Å². The van der Waals surface area contributed by atoms with Crippen LogP contribution in [0.15, 0.2) is 10.9 Å². The Hall–Kier alpha value is -0.910. The molecular weight excluding hydrogens is 232 g/mol. The molecule has 1 aromatic heterocycles. The van der Waals surface area contributed by atoms with Crippen molar-refractivity contribution in [1.82, 2.24) is 9.55 Å². The van der Waals surface area contributed by atoms with Gasteiger partial charge in [0, 0.05) is 12.0 Å². The van der Waals surface area contributed by atoms with Crippen LogP contribution in [-0.4, -0.2) is 32.5 Å². The maximum Gasteiger partial charge on any atom is 0.255 e. The predicted octanol–water partition coefficient (Wildman–Crippen LogP) is 0.373. The van der Waals surface area contributed by atoms with Crippen LogP contribution in [0.4, 0.5) is 0 Å². The van der Waals surface area contributed by atoms with E-state index in [1.54, 1.807) is 0 Å². The van der Waals surface area contributed by atoms with E-state index in [-0.39, 0.29) is 23.2 Å². The Bertz CT molecular complexity index is 417. The first-order valence-electron chi connectivity index (χ1n) is 5.02. The standard InChI is InChI=1S/C10H15ClN2O3/c1-6(2)10-12-8(11)3-9(16)13(10)4-7(15)5-14/h3,6-7,14-15H,4-5H2,1-2H3. The molecule has 0 saturated carbocycles. The van der Waals surface area contributed by atoms with E-state index in [1.807, 2.05) is 13.8 Å². The van der Waals surface area contributed by atoms with Crippen LogP contribution in [0.1, 0.15) is 25.6 Å². The summed E-state index contributed by atoms with van der Waals surface area (Å²) in [5, 5.41) is 18.2. The average Bonchev–Trinajstić information content (AvgIpc) is 2.20. The van der Waals surface area contributed by atoms with Gasteiger partial charge in [-0.25, -0.2) is 4.98 Å². The zero-order valence-corrected chi connectivity index (χ0v) is 9.98. The monoisotopic (exact) mass is 246 g/mol.